The van der Waals surface area contributed by atoms with Crippen molar-refractivity contribution < 1.29 is 8.42 Å². The second-order valence-electron chi connectivity index (χ2n) is 7.12. The molecule has 0 atom stereocenters. The number of sulfonamides is 1. The maximum absolute atomic E-state index is 12.7. The second kappa shape index (κ2) is 5.41. The summed E-state index contributed by atoms with van der Waals surface area (Å²) in [6.45, 7) is 6.22. The zero-order valence-electron chi connectivity index (χ0n) is 12.9. The first-order valence-corrected chi connectivity index (χ1v) is 9.22. The Hall–Kier alpha value is -0.850. The minimum Gasteiger partial charge on any atom is -0.363 e. The van der Waals surface area contributed by atoms with Crippen molar-refractivity contribution in [1.82, 2.24) is 14.6 Å². The van der Waals surface area contributed by atoms with Crippen LogP contribution in [0.2, 0.25) is 0 Å². The van der Waals surface area contributed by atoms with Crippen LogP contribution >= 0.6 is 0 Å². The Morgan fingerprint density at radius 1 is 1.43 bits per heavy atom. The van der Waals surface area contributed by atoms with Gasteiger partial charge in [-0.3, -0.25) is 0 Å². The fourth-order valence-corrected chi connectivity index (χ4v) is 4.62. The van der Waals surface area contributed by atoms with Crippen LogP contribution in [0.4, 0.5) is 0 Å². The van der Waals surface area contributed by atoms with E-state index in [-0.39, 0.29) is 5.41 Å². The highest BCUT2D eigenvalue weighted by atomic mass is 32.2. The van der Waals surface area contributed by atoms with Crippen LogP contribution in [0.15, 0.2) is 17.2 Å². The van der Waals surface area contributed by atoms with E-state index in [2.05, 4.69) is 24.1 Å². The lowest BCUT2D eigenvalue weighted by Gasteiger charge is -2.36. The van der Waals surface area contributed by atoms with Gasteiger partial charge in [0.25, 0.3) is 0 Å². The average molecular weight is 311 g/mol. The first kappa shape index (κ1) is 15.1. The first-order valence-electron chi connectivity index (χ1n) is 7.78. The largest absolute Gasteiger partial charge is 0.363 e. The van der Waals surface area contributed by atoms with E-state index in [9.17, 15) is 8.42 Å². The van der Waals surface area contributed by atoms with E-state index < -0.39 is 10.0 Å². The van der Waals surface area contributed by atoms with Crippen molar-refractivity contribution in [3.8, 4) is 0 Å². The lowest BCUT2D eigenvalue weighted by molar-refractivity contribution is 0.187. The van der Waals surface area contributed by atoms with Gasteiger partial charge in [-0.1, -0.05) is 13.8 Å². The molecular formula is C15H25N3O2S. The predicted octanol–water partition coefficient (Wildman–Crippen LogP) is 2.08. The molecule has 2 aliphatic rings. The normalized spacial score (nSPS) is 23.3. The van der Waals surface area contributed by atoms with Crippen LogP contribution in [0, 0.1) is 5.41 Å². The molecule has 21 heavy (non-hydrogen) atoms. The third kappa shape index (κ3) is 3.49. The Morgan fingerprint density at radius 2 is 2.19 bits per heavy atom. The van der Waals surface area contributed by atoms with E-state index in [1.54, 1.807) is 16.6 Å². The Balaban J connectivity index is 1.71. The molecule has 5 nitrogen and oxygen atoms in total. The topological polar surface area (TPSA) is 65.2 Å². The van der Waals surface area contributed by atoms with E-state index in [1.165, 1.54) is 12.8 Å². The predicted molar refractivity (Wildman–Crippen MR) is 82.4 cm³/mol. The third-order valence-corrected chi connectivity index (χ3v) is 6.20. The standard InChI is InChI=1S/C15H25N3O2S/c1-15(2)6-3-7-18(11-15)21(19,20)14-8-13(17-10-14)9-16-12-4-5-12/h8,10,12,16-17H,3-7,9,11H2,1-2H3. The molecule has 1 aromatic rings. The van der Waals surface area contributed by atoms with Crippen molar-refractivity contribution in [2.24, 2.45) is 5.41 Å². The molecule has 1 aliphatic carbocycles. The van der Waals surface area contributed by atoms with E-state index in [1.807, 2.05) is 0 Å². The molecule has 2 N–H and O–H groups in total. The van der Waals surface area contributed by atoms with Crippen molar-refractivity contribution in [1.29, 1.82) is 0 Å². The van der Waals surface area contributed by atoms with Crippen molar-refractivity contribution >= 4 is 10.0 Å². The fraction of sp³-hybridized carbons (Fsp3) is 0.733. The highest BCUT2D eigenvalue weighted by Gasteiger charge is 2.34. The molecule has 1 aliphatic heterocycles. The maximum Gasteiger partial charge on any atom is 0.244 e. The number of hydrogen-bond donors (Lipinski definition) is 2. The van der Waals surface area contributed by atoms with Gasteiger partial charge in [0.1, 0.15) is 0 Å². The lowest BCUT2D eigenvalue weighted by Crippen LogP contribution is -2.43. The molecule has 118 valence electrons. The molecule has 1 saturated carbocycles. The molecule has 2 heterocycles. The van der Waals surface area contributed by atoms with E-state index in [0.29, 0.717) is 30.6 Å². The van der Waals surface area contributed by atoms with Gasteiger partial charge in [-0.2, -0.15) is 4.31 Å². The number of aromatic amines is 1. The molecule has 0 bridgehead atoms. The van der Waals surface area contributed by atoms with Gasteiger partial charge in [0, 0.05) is 37.6 Å². The number of hydrogen-bond acceptors (Lipinski definition) is 3. The second-order valence-corrected chi connectivity index (χ2v) is 9.06. The molecule has 0 radical (unpaired) electrons. The van der Waals surface area contributed by atoms with Crippen LogP contribution in [-0.4, -0.2) is 36.8 Å². The fourth-order valence-electron chi connectivity index (χ4n) is 2.94. The zero-order valence-corrected chi connectivity index (χ0v) is 13.7. The van der Waals surface area contributed by atoms with Gasteiger partial charge in [-0.05, 0) is 37.2 Å². The van der Waals surface area contributed by atoms with Gasteiger partial charge in [0.15, 0.2) is 0 Å². The summed E-state index contributed by atoms with van der Waals surface area (Å²) >= 11 is 0. The van der Waals surface area contributed by atoms with Crippen LogP contribution in [0.1, 0.15) is 45.2 Å². The maximum atomic E-state index is 12.7. The van der Waals surface area contributed by atoms with Crippen LogP contribution in [0.3, 0.4) is 0 Å². The number of H-pyrrole nitrogens is 1. The molecule has 0 unspecified atom stereocenters. The third-order valence-electron chi connectivity index (χ3n) is 4.38. The van der Waals surface area contributed by atoms with Crippen molar-refractivity contribution in [2.45, 2.75) is 57.0 Å². The van der Waals surface area contributed by atoms with Crippen LogP contribution in [0.25, 0.3) is 0 Å². The molecule has 6 heteroatoms. The highest BCUT2D eigenvalue weighted by molar-refractivity contribution is 7.89. The monoisotopic (exact) mass is 311 g/mol. The van der Waals surface area contributed by atoms with Gasteiger partial charge in [0.05, 0.1) is 4.90 Å². The molecule has 0 spiro atoms. The van der Waals surface area contributed by atoms with E-state index in [4.69, 9.17) is 0 Å². The molecular weight excluding hydrogens is 286 g/mol. The molecule has 0 amide bonds. The number of piperidine rings is 1. The van der Waals surface area contributed by atoms with Crippen molar-refractivity contribution in [3.63, 3.8) is 0 Å². The van der Waals surface area contributed by atoms with E-state index in [0.717, 1.165) is 18.5 Å². The average Bonchev–Trinajstić information content (AvgIpc) is 3.11. The first-order chi connectivity index (χ1) is 9.87. The quantitative estimate of drug-likeness (QED) is 0.875. The van der Waals surface area contributed by atoms with Crippen molar-refractivity contribution in [3.05, 3.63) is 18.0 Å². The Kier molecular flexibility index (Phi) is 3.88. The summed E-state index contributed by atoms with van der Waals surface area (Å²) in [6.07, 6.45) is 6.11. The zero-order chi connectivity index (χ0) is 15.1. The molecule has 3 rings (SSSR count). The van der Waals surface area contributed by atoms with Gasteiger partial charge < -0.3 is 10.3 Å². The molecule has 2 fully saturated rings. The number of aromatic nitrogens is 1. The molecule has 1 saturated heterocycles. The molecule has 1 aromatic heterocycles. The van der Waals surface area contributed by atoms with Crippen LogP contribution in [-0.2, 0) is 16.6 Å². The van der Waals surface area contributed by atoms with Gasteiger partial charge in [-0.15, -0.1) is 0 Å². The number of nitrogens with one attached hydrogen (secondary N) is 2. The summed E-state index contributed by atoms with van der Waals surface area (Å²) in [6, 6.07) is 2.39. The number of rotatable bonds is 5. The molecule has 0 aromatic carbocycles. The summed E-state index contributed by atoms with van der Waals surface area (Å²) in [5.74, 6) is 0. The Labute approximate surface area is 127 Å². The summed E-state index contributed by atoms with van der Waals surface area (Å²) in [4.78, 5) is 3.48. The summed E-state index contributed by atoms with van der Waals surface area (Å²) < 4.78 is 27.1. The minimum atomic E-state index is -3.36. The SMILES string of the molecule is CC1(C)CCCN(S(=O)(=O)c2c[nH]c(CNC3CC3)c2)C1. The lowest BCUT2D eigenvalue weighted by atomic mass is 9.85. The highest BCUT2D eigenvalue weighted by Crippen LogP contribution is 2.32. The van der Waals surface area contributed by atoms with Gasteiger partial charge in [0.2, 0.25) is 10.0 Å². The summed E-state index contributed by atoms with van der Waals surface area (Å²) in [5.41, 5.74) is 1.01. The van der Waals surface area contributed by atoms with Crippen molar-refractivity contribution in [2.75, 3.05) is 13.1 Å². The minimum absolute atomic E-state index is 0.0674. The number of nitrogens with zero attached hydrogens (tertiary/aromatic N) is 1. The van der Waals surface area contributed by atoms with Crippen LogP contribution in [0.5, 0.6) is 0 Å². The Morgan fingerprint density at radius 3 is 2.86 bits per heavy atom. The van der Waals surface area contributed by atoms with Gasteiger partial charge >= 0.3 is 0 Å². The smallest absolute Gasteiger partial charge is 0.244 e. The Bertz CT molecular complexity index is 602. The van der Waals surface area contributed by atoms with Gasteiger partial charge in [-0.25, -0.2) is 8.42 Å². The summed E-state index contributed by atoms with van der Waals surface area (Å²) in [7, 11) is -3.36. The van der Waals surface area contributed by atoms with E-state index >= 15 is 0 Å². The van der Waals surface area contributed by atoms with Crippen LogP contribution < -0.4 is 5.32 Å². The summed E-state index contributed by atoms with van der Waals surface area (Å²) in [5, 5.41) is 3.39.